The van der Waals surface area contributed by atoms with Crippen molar-refractivity contribution in [1.82, 2.24) is 5.32 Å². The third kappa shape index (κ3) is 7.24. The summed E-state index contributed by atoms with van der Waals surface area (Å²) in [6.07, 6.45) is 1.52. The van der Waals surface area contributed by atoms with E-state index in [0.717, 1.165) is 4.90 Å². The van der Waals surface area contributed by atoms with Crippen LogP contribution in [-0.4, -0.2) is 30.6 Å². The van der Waals surface area contributed by atoms with Crippen molar-refractivity contribution in [3.05, 3.63) is 101 Å². The molecule has 2 N–H and O–H groups in total. The van der Waals surface area contributed by atoms with Crippen molar-refractivity contribution in [2.24, 2.45) is 0 Å². The summed E-state index contributed by atoms with van der Waals surface area (Å²) in [5, 5.41) is 5.91. The SMILES string of the molecule is COC(=O)CSc1cccc(NC(=O)/C(=C/c2ccccc2Cl)NC(=O)c2ccccc2)c1. The van der Waals surface area contributed by atoms with Crippen LogP contribution in [0.3, 0.4) is 0 Å². The molecule has 0 aromatic heterocycles. The first-order valence-electron chi connectivity index (χ1n) is 9.90. The molecule has 2 amide bonds. The minimum absolute atomic E-state index is 0.0320. The first-order chi connectivity index (χ1) is 16.0. The molecule has 3 aromatic carbocycles. The normalized spacial score (nSPS) is 10.9. The van der Waals surface area contributed by atoms with Crippen LogP contribution in [0.25, 0.3) is 6.08 Å². The van der Waals surface area contributed by atoms with Crippen molar-refractivity contribution >= 4 is 52.9 Å². The minimum atomic E-state index is -0.519. The first-order valence-corrected chi connectivity index (χ1v) is 11.3. The number of amides is 2. The van der Waals surface area contributed by atoms with Crippen LogP contribution >= 0.6 is 23.4 Å². The van der Waals surface area contributed by atoms with Crippen molar-refractivity contribution in [2.45, 2.75) is 4.90 Å². The monoisotopic (exact) mass is 480 g/mol. The Morgan fingerprint density at radius 1 is 0.970 bits per heavy atom. The summed E-state index contributed by atoms with van der Waals surface area (Å²) in [4.78, 5) is 38.0. The summed E-state index contributed by atoms with van der Waals surface area (Å²) in [5.74, 6) is -1.14. The van der Waals surface area contributed by atoms with Crippen LogP contribution in [0.4, 0.5) is 5.69 Å². The maximum absolute atomic E-state index is 13.1. The fourth-order valence-corrected chi connectivity index (χ4v) is 3.73. The number of methoxy groups -OCH3 is 1. The number of ether oxygens (including phenoxy) is 1. The number of carbonyl (C=O) groups excluding carboxylic acids is 3. The Kier molecular flexibility index (Phi) is 8.69. The number of esters is 1. The third-order valence-corrected chi connectivity index (χ3v) is 5.72. The molecule has 3 aromatic rings. The summed E-state index contributed by atoms with van der Waals surface area (Å²) < 4.78 is 4.65. The predicted octanol–water partition coefficient (Wildman–Crippen LogP) is 5.01. The Labute approximate surface area is 201 Å². The van der Waals surface area contributed by atoms with Gasteiger partial charge in [-0.05, 0) is 48.0 Å². The van der Waals surface area contributed by atoms with Gasteiger partial charge in [0.15, 0.2) is 0 Å². The largest absolute Gasteiger partial charge is 0.468 e. The van der Waals surface area contributed by atoms with Gasteiger partial charge in [0, 0.05) is 21.2 Å². The second kappa shape index (κ2) is 11.9. The van der Waals surface area contributed by atoms with Gasteiger partial charge in [0.2, 0.25) is 0 Å². The molecule has 6 nitrogen and oxygen atoms in total. The highest BCUT2D eigenvalue weighted by atomic mass is 35.5. The highest BCUT2D eigenvalue weighted by Crippen LogP contribution is 2.23. The van der Waals surface area contributed by atoms with Crippen LogP contribution in [0.2, 0.25) is 5.02 Å². The van der Waals surface area contributed by atoms with Gasteiger partial charge >= 0.3 is 5.97 Å². The van der Waals surface area contributed by atoms with Gasteiger partial charge in [-0.1, -0.05) is 54.1 Å². The van der Waals surface area contributed by atoms with Gasteiger partial charge in [0.05, 0.1) is 12.9 Å². The molecule has 0 radical (unpaired) electrons. The lowest BCUT2D eigenvalue weighted by molar-refractivity contribution is -0.137. The van der Waals surface area contributed by atoms with Crippen LogP contribution < -0.4 is 10.6 Å². The number of carbonyl (C=O) groups is 3. The van der Waals surface area contributed by atoms with Crippen LogP contribution in [0.15, 0.2) is 89.5 Å². The molecular weight excluding hydrogens is 460 g/mol. The number of anilines is 1. The number of benzene rings is 3. The van der Waals surface area contributed by atoms with Crippen LogP contribution in [-0.2, 0) is 14.3 Å². The summed E-state index contributed by atoms with van der Waals surface area (Å²) in [6, 6.07) is 22.6. The average molecular weight is 481 g/mol. The summed E-state index contributed by atoms with van der Waals surface area (Å²) in [5.41, 5.74) is 1.54. The zero-order valence-electron chi connectivity index (χ0n) is 17.7. The van der Waals surface area contributed by atoms with Gasteiger partial charge in [-0.2, -0.15) is 0 Å². The van der Waals surface area contributed by atoms with Gasteiger partial charge in [-0.25, -0.2) is 0 Å². The fraction of sp³-hybridized carbons (Fsp3) is 0.0800. The average Bonchev–Trinajstić information content (AvgIpc) is 2.84. The van der Waals surface area contributed by atoms with Crippen molar-refractivity contribution < 1.29 is 19.1 Å². The van der Waals surface area contributed by atoms with E-state index in [4.69, 9.17) is 11.6 Å². The Bertz CT molecular complexity index is 1180. The Balaban J connectivity index is 1.83. The smallest absolute Gasteiger partial charge is 0.315 e. The van der Waals surface area contributed by atoms with E-state index in [0.29, 0.717) is 21.8 Å². The molecule has 0 aliphatic rings. The highest BCUT2D eigenvalue weighted by Gasteiger charge is 2.16. The van der Waals surface area contributed by atoms with E-state index in [1.165, 1.54) is 24.9 Å². The van der Waals surface area contributed by atoms with E-state index in [1.807, 2.05) is 6.07 Å². The molecule has 0 saturated heterocycles. The Hall–Kier alpha value is -3.55. The second-order valence-corrected chi connectivity index (χ2v) is 8.20. The molecule has 0 bridgehead atoms. The number of rotatable bonds is 8. The van der Waals surface area contributed by atoms with Crippen molar-refractivity contribution in [3.8, 4) is 0 Å². The topological polar surface area (TPSA) is 84.5 Å². The van der Waals surface area contributed by atoms with Gasteiger partial charge in [0.1, 0.15) is 5.70 Å². The van der Waals surface area contributed by atoms with Crippen LogP contribution in [0.1, 0.15) is 15.9 Å². The molecule has 0 saturated carbocycles. The van der Waals surface area contributed by atoms with Gasteiger partial charge < -0.3 is 15.4 Å². The van der Waals surface area contributed by atoms with E-state index in [1.54, 1.807) is 72.8 Å². The zero-order valence-corrected chi connectivity index (χ0v) is 19.3. The van der Waals surface area contributed by atoms with Crippen molar-refractivity contribution in [3.63, 3.8) is 0 Å². The van der Waals surface area contributed by atoms with Gasteiger partial charge in [-0.3, -0.25) is 14.4 Å². The molecule has 0 aliphatic carbocycles. The number of hydrogen-bond donors (Lipinski definition) is 2. The standard InChI is InChI=1S/C25H21ClN2O4S/c1-32-23(29)16-33-20-12-7-11-19(15-20)27-25(31)22(14-18-10-5-6-13-21(18)26)28-24(30)17-8-3-2-4-9-17/h2-15H,16H2,1H3,(H,27,31)(H,28,30)/b22-14-. The molecule has 3 rings (SSSR count). The molecule has 0 atom stereocenters. The zero-order chi connectivity index (χ0) is 23.6. The lowest BCUT2D eigenvalue weighted by Crippen LogP contribution is -2.30. The van der Waals surface area contributed by atoms with E-state index in [2.05, 4.69) is 15.4 Å². The van der Waals surface area contributed by atoms with Crippen LogP contribution in [0.5, 0.6) is 0 Å². The lowest BCUT2D eigenvalue weighted by Gasteiger charge is -2.12. The Morgan fingerprint density at radius 2 is 1.70 bits per heavy atom. The summed E-state index contributed by atoms with van der Waals surface area (Å²) in [6.45, 7) is 0. The Morgan fingerprint density at radius 3 is 2.42 bits per heavy atom. The molecule has 0 spiro atoms. The number of halogens is 1. The van der Waals surface area contributed by atoms with Crippen molar-refractivity contribution in [2.75, 3.05) is 18.2 Å². The highest BCUT2D eigenvalue weighted by molar-refractivity contribution is 8.00. The maximum atomic E-state index is 13.1. The molecule has 0 unspecified atom stereocenters. The molecule has 0 aliphatic heterocycles. The number of hydrogen-bond acceptors (Lipinski definition) is 5. The van der Waals surface area contributed by atoms with Crippen LogP contribution in [0, 0.1) is 0 Å². The fourth-order valence-electron chi connectivity index (χ4n) is 2.75. The van der Waals surface area contributed by atoms with E-state index >= 15 is 0 Å². The quantitative estimate of drug-likeness (QED) is 0.269. The van der Waals surface area contributed by atoms with Crippen molar-refractivity contribution in [1.29, 1.82) is 0 Å². The molecule has 0 fully saturated rings. The molecule has 8 heteroatoms. The lowest BCUT2D eigenvalue weighted by atomic mass is 10.1. The number of nitrogens with one attached hydrogen (secondary N) is 2. The molecule has 168 valence electrons. The molecule has 33 heavy (non-hydrogen) atoms. The van der Waals surface area contributed by atoms with Gasteiger partial charge in [-0.15, -0.1) is 11.8 Å². The minimum Gasteiger partial charge on any atom is -0.468 e. The van der Waals surface area contributed by atoms with E-state index < -0.39 is 11.8 Å². The summed E-state index contributed by atoms with van der Waals surface area (Å²) in [7, 11) is 1.33. The second-order valence-electron chi connectivity index (χ2n) is 6.75. The molecular formula is C25H21ClN2O4S. The maximum Gasteiger partial charge on any atom is 0.315 e. The number of thioether (sulfide) groups is 1. The third-order valence-electron chi connectivity index (χ3n) is 4.41. The predicted molar refractivity (Wildman–Crippen MR) is 131 cm³/mol. The van der Waals surface area contributed by atoms with E-state index in [9.17, 15) is 14.4 Å². The summed E-state index contributed by atoms with van der Waals surface area (Å²) >= 11 is 7.54. The molecule has 0 heterocycles. The van der Waals surface area contributed by atoms with E-state index in [-0.39, 0.29) is 17.4 Å². The first kappa shape index (κ1) is 24.1. The van der Waals surface area contributed by atoms with Gasteiger partial charge in [0.25, 0.3) is 11.8 Å².